The molecule has 1 heterocycles. The highest BCUT2D eigenvalue weighted by Crippen LogP contribution is 2.40. The van der Waals surface area contributed by atoms with Gasteiger partial charge in [-0.15, -0.1) is 5.10 Å². The molecule has 0 atom stereocenters. The molecule has 5 N–H and O–H groups in total. The predicted octanol–water partition coefficient (Wildman–Crippen LogP) is 5.92. The van der Waals surface area contributed by atoms with Gasteiger partial charge in [0.1, 0.15) is 5.52 Å². The summed E-state index contributed by atoms with van der Waals surface area (Å²) in [5.74, 6) is -3.01. The molecule has 0 aliphatic rings. The first-order chi connectivity index (χ1) is 16.0. The lowest BCUT2D eigenvalue weighted by molar-refractivity contribution is 0.0694. The number of unbranched alkanes of at least 4 members (excludes halogenated alkanes) is 9. The number of hydrogen-bond acceptors (Lipinski definition) is 6. The average Bonchev–Trinajstić information content (AvgIpc) is 3.29. The standard InChI is InChI=1S/C19H30O5.C6H5N3/c1-2-3-4-5-6-7-8-9-10-11-12-14-15(19(23)24)13-16(20)18(22)17(14)21;1-2-4-6-5(3-1)7-9-8-6/h13,20-22H,2-12H2,1H3,(H,23,24);1-4H,(H,7,8,9). The van der Waals surface area contributed by atoms with Gasteiger partial charge in [-0.05, 0) is 31.0 Å². The Morgan fingerprint density at radius 3 is 2.09 bits per heavy atom. The number of benzene rings is 2. The highest BCUT2D eigenvalue weighted by atomic mass is 16.4. The van der Waals surface area contributed by atoms with E-state index in [0.717, 1.165) is 36.4 Å². The van der Waals surface area contributed by atoms with Crippen molar-refractivity contribution in [2.24, 2.45) is 0 Å². The number of aromatic hydroxyl groups is 3. The van der Waals surface area contributed by atoms with Gasteiger partial charge in [0.15, 0.2) is 11.5 Å². The monoisotopic (exact) mass is 457 g/mol. The summed E-state index contributed by atoms with van der Waals surface area (Å²) in [7, 11) is 0. The first-order valence-electron chi connectivity index (χ1n) is 11.7. The summed E-state index contributed by atoms with van der Waals surface area (Å²) in [4.78, 5) is 11.2. The lowest BCUT2D eigenvalue weighted by atomic mass is 9.98. The van der Waals surface area contributed by atoms with Crippen LogP contribution in [0.25, 0.3) is 11.0 Å². The molecular formula is C25H35N3O5. The van der Waals surface area contributed by atoms with Crippen LogP contribution in [0.5, 0.6) is 17.2 Å². The molecule has 0 fully saturated rings. The zero-order valence-corrected chi connectivity index (χ0v) is 19.3. The van der Waals surface area contributed by atoms with Crippen molar-refractivity contribution in [3.8, 4) is 17.2 Å². The topological polar surface area (TPSA) is 140 Å². The van der Waals surface area contributed by atoms with Gasteiger partial charge in [0.2, 0.25) is 5.75 Å². The van der Waals surface area contributed by atoms with Gasteiger partial charge in [0.05, 0.1) is 11.1 Å². The third kappa shape index (κ3) is 8.29. The minimum atomic E-state index is -1.22. The van der Waals surface area contributed by atoms with Crippen LogP contribution in [0.15, 0.2) is 30.3 Å². The third-order valence-electron chi connectivity index (χ3n) is 5.60. The number of fused-ring (bicyclic) bond motifs is 1. The molecule has 0 aliphatic heterocycles. The number of phenolic OH excluding ortho intramolecular Hbond substituents is 3. The first-order valence-corrected chi connectivity index (χ1v) is 11.7. The van der Waals surface area contributed by atoms with Crippen molar-refractivity contribution in [2.75, 3.05) is 0 Å². The minimum Gasteiger partial charge on any atom is -0.504 e. The Kier molecular flexibility index (Phi) is 11.0. The average molecular weight is 458 g/mol. The maximum absolute atomic E-state index is 11.2. The van der Waals surface area contributed by atoms with Crippen molar-refractivity contribution in [3.05, 3.63) is 41.5 Å². The van der Waals surface area contributed by atoms with Crippen LogP contribution in [0.4, 0.5) is 0 Å². The number of nitrogens with zero attached hydrogens (tertiary/aromatic N) is 2. The number of aromatic carboxylic acids is 1. The zero-order chi connectivity index (χ0) is 24.1. The van der Waals surface area contributed by atoms with Crippen LogP contribution in [0.3, 0.4) is 0 Å². The second-order valence-electron chi connectivity index (χ2n) is 8.19. The van der Waals surface area contributed by atoms with Crippen molar-refractivity contribution in [2.45, 2.75) is 77.6 Å². The number of carboxylic acid groups (broad SMARTS) is 1. The van der Waals surface area contributed by atoms with E-state index in [9.17, 15) is 20.1 Å². The maximum atomic E-state index is 11.2. The number of carboxylic acids is 1. The molecule has 2 aromatic carbocycles. The number of hydrogen-bond donors (Lipinski definition) is 5. The van der Waals surface area contributed by atoms with Gasteiger partial charge in [-0.25, -0.2) is 4.79 Å². The minimum absolute atomic E-state index is 0.154. The number of phenols is 3. The van der Waals surface area contributed by atoms with Gasteiger partial charge < -0.3 is 20.4 Å². The molecule has 3 rings (SSSR count). The lowest BCUT2D eigenvalue weighted by Gasteiger charge is -2.11. The summed E-state index contributed by atoms with van der Waals surface area (Å²) < 4.78 is 0. The van der Waals surface area contributed by atoms with Gasteiger partial charge >= 0.3 is 5.97 Å². The van der Waals surface area contributed by atoms with Gasteiger partial charge in [-0.1, -0.05) is 82.1 Å². The first kappa shape index (κ1) is 26.0. The molecule has 0 saturated carbocycles. The molecule has 0 saturated heterocycles. The summed E-state index contributed by atoms with van der Waals surface area (Å²) in [6.45, 7) is 2.21. The Bertz CT molecular complexity index is 973. The molecule has 3 aromatic rings. The van der Waals surface area contributed by atoms with Gasteiger partial charge in [0, 0.05) is 5.56 Å². The molecule has 1 aromatic heterocycles. The van der Waals surface area contributed by atoms with E-state index in [4.69, 9.17) is 5.11 Å². The van der Waals surface area contributed by atoms with Crippen molar-refractivity contribution >= 4 is 17.0 Å². The van der Waals surface area contributed by atoms with E-state index in [1.165, 1.54) is 44.9 Å². The highest BCUT2D eigenvalue weighted by Gasteiger charge is 2.20. The van der Waals surface area contributed by atoms with E-state index >= 15 is 0 Å². The van der Waals surface area contributed by atoms with E-state index in [1.54, 1.807) is 0 Å². The molecule has 180 valence electrons. The lowest BCUT2D eigenvalue weighted by Crippen LogP contribution is -2.03. The van der Waals surface area contributed by atoms with Crippen LogP contribution >= 0.6 is 0 Å². The van der Waals surface area contributed by atoms with E-state index in [2.05, 4.69) is 22.3 Å². The number of H-pyrrole nitrogens is 1. The molecule has 8 heteroatoms. The Balaban J connectivity index is 0.000000349. The van der Waals surface area contributed by atoms with Crippen molar-refractivity contribution in [1.29, 1.82) is 0 Å². The van der Waals surface area contributed by atoms with Crippen LogP contribution < -0.4 is 0 Å². The van der Waals surface area contributed by atoms with Crippen LogP contribution in [-0.4, -0.2) is 41.8 Å². The fourth-order valence-electron chi connectivity index (χ4n) is 3.71. The SMILES string of the molecule is CCCCCCCCCCCCc1c(C(=O)O)cc(O)c(O)c1O.c1ccc2[nH]nnc2c1. The van der Waals surface area contributed by atoms with Crippen molar-refractivity contribution in [3.63, 3.8) is 0 Å². The Morgan fingerprint density at radius 2 is 1.48 bits per heavy atom. The van der Waals surface area contributed by atoms with E-state index < -0.39 is 23.2 Å². The highest BCUT2D eigenvalue weighted by molar-refractivity contribution is 5.91. The van der Waals surface area contributed by atoms with Gasteiger partial charge in [-0.2, -0.15) is 0 Å². The zero-order valence-electron chi connectivity index (χ0n) is 19.3. The molecule has 0 spiro atoms. The summed E-state index contributed by atoms with van der Waals surface area (Å²) in [6.07, 6.45) is 12.0. The third-order valence-corrected chi connectivity index (χ3v) is 5.60. The maximum Gasteiger partial charge on any atom is 0.336 e. The van der Waals surface area contributed by atoms with Crippen LogP contribution in [0, 0.1) is 0 Å². The number of carbonyl (C=O) groups is 1. The Labute approximate surface area is 194 Å². The van der Waals surface area contributed by atoms with Gasteiger partial charge in [-0.3, -0.25) is 5.10 Å². The van der Waals surface area contributed by atoms with Crippen LogP contribution in [-0.2, 0) is 6.42 Å². The van der Waals surface area contributed by atoms with Crippen molar-refractivity contribution < 1.29 is 25.2 Å². The predicted molar refractivity (Wildman–Crippen MR) is 128 cm³/mol. The molecule has 8 nitrogen and oxygen atoms in total. The summed E-state index contributed by atoms with van der Waals surface area (Å²) in [5, 5.41) is 48.2. The van der Waals surface area contributed by atoms with E-state index in [-0.39, 0.29) is 11.1 Å². The fourth-order valence-corrected chi connectivity index (χ4v) is 3.71. The smallest absolute Gasteiger partial charge is 0.336 e. The summed E-state index contributed by atoms with van der Waals surface area (Å²) >= 11 is 0. The fraction of sp³-hybridized carbons (Fsp3) is 0.480. The number of rotatable bonds is 12. The molecule has 33 heavy (non-hydrogen) atoms. The quantitative estimate of drug-likeness (QED) is 0.168. The summed E-state index contributed by atoms with van der Waals surface area (Å²) in [5.41, 5.74) is 1.94. The molecular weight excluding hydrogens is 422 g/mol. The number of aromatic amines is 1. The van der Waals surface area contributed by atoms with Crippen LogP contribution in [0.1, 0.15) is 87.1 Å². The molecule has 0 radical (unpaired) electrons. The molecule has 0 aliphatic carbocycles. The Morgan fingerprint density at radius 1 is 0.879 bits per heavy atom. The molecule has 0 amide bonds. The number of aromatic nitrogens is 3. The second-order valence-corrected chi connectivity index (χ2v) is 8.19. The van der Waals surface area contributed by atoms with Crippen LogP contribution in [0.2, 0.25) is 0 Å². The van der Waals surface area contributed by atoms with Crippen molar-refractivity contribution in [1.82, 2.24) is 15.4 Å². The number of nitrogens with one attached hydrogen (secondary N) is 1. The largest absolute Gasteiger partial charge is 0.504 e. The number of para-hydroxylation sites is 1. The van der Waals surface area contributed by atoms with Gasteiger partial charge in [0.25, 0.3) is 0 Å². The van der Waals surface area contributed by atoms with E-state index in [0.29, 0.717) is 6.42 Å². The summed E-state index contributed by atoms with van der Waals surface area (Å²) in [6, 6.07) is 8.73. The normalized spacial score (nSPS) is 10.7. The second kappa shape index (κ2) is 14.0. The molecule has 0 bridgehead atoms. The van der Waals surface area contributed by atoms with E-state index in [1.807, 2.05) is 24.3 Å². The molecule has 0 unspecified atom stereocenters. The Hall–Kier alpha value is -3.29.